The molecule has 0 spiro atoms. The summed E-state index contributed by atoms with van der Waals surface area (Å²) in [6.45, 7) is 1.76. The van der Waals surface area contributed by atoms with Gasteiger partial charge in [0.2, 0.25) is 5.91 Å². The van der Waals surface area contributed by atoms with Gasteiger partial charge in [0.25, 0.3) is 5.91 Å². The predicted octanol–water partition coefficient (Wildman–Crippen LogP) is 1.84. The Hall–Kier alpha value is -2.48. The minimum atomic E-state index is -0.460. The van der Waals surface area contributed by atoms with Crippen LogP contribution in [-0.4, -0.2) is 40.3 Å². The molecular weight excluding hydrogens is 362 g/mol. The van der Waals surface area contributed by atoms with Crippen molar-refractivity contribution in [1.29, 1.82) is 0 Å². The number of likely N-dealkylation sites (N-methyl/N-ethyl adjacent to an activating group) is 1. The number of hydrogen-bond acceptors (Lipinski definition) is 5. The van der Waals surface area contributed by atoms with Crippen LogP contribution in [-0.2, 0) is 4.79 Å². The number of amides is 2. The van der Waals surface area contributed by atoms with Gasteiger partial charge in [-0.3, -0.25) is 9.59 Å². The van der Waals surface area contributed by atoms with Gasteiger partial charge in [-0.25, -0.2) is 9.97 Å². The van der Waals surface area contributed by atoms with Crippen LogP contribution in [0.1, 0.15) is 16.1 Å². The van der Waals surface area contributed by atoms with Crippen molar-refractivity contribution < 1.29 is 9.59 Å². The molecule has 0 fully saturated rings. The largest absolute Gasteiger partial charge is 0.382 e. The first-order valence-electron chi connectivity index (χ1n) is 6.76. The molecule has 23 heavy (non-hydrogen) atoms. The van der Waals surface area contributed by atoms with Crippen LogP contribution < -0.4 is 11.1 Å². The number of nitrogens with zero attached hydrogens (tertiary/aromatic N) is 3. The van der Waals surface area contributed by atoms with E-state index >= 15 is 0 Å². The Morgan fingerprint density at radius 2 is 2.00 bits per heavy atom. The van der Waals surface area contributed by atoms with Crippen LogP contribution >= 0.6 is 15.9 Å². The first kappa shape index (κ1) is 16.9. The van der Waals surface area contributed by atoms with E-state index in [4.69, 9.17) is 5.73 Å². The molecule has 1 aromatic carbocycles. The van der Waals surface area contributed by atoms with Gasteiger partial charge in [0, 0.05) is 29.6 Å². The molecule has 0 bridgehead atoms. The van der Waals surface area contributed by atoms with E-state index in [0.717, 1.165) is 10.0 Å². The molecule has 1 aromatic heterocycles. The lowest BCUT2D eigenvalue weighted by Crippen LogP contribution is -2.36. The summed E-state index contributed by atoms with van der Waals surface area (Å²) in [5.74, 6) is -0.736. The second kappa shape index (κ2) is 7.19. The van der Waals surface area contributed by atoms with E-state index in [9.17, 15) is 9.59 Å². The van der Waals surface area contributed by atoms with Crippen LogP contribution in [0.4, 0.5) is 11.5 Å². The zero-order chi connectivity index (χ0) is 17.0. The number of aryl methyl sites for hydroxylation is 1. The summed E-state index contributed by atoms with van der Waals surface area (Å²) < 4.78 is 0.929. The number of nitrogen functional groups attached to an aromatic ring is 1. The first-order valence-corrected chi connectivity index (χ1v) is 7.55. The Bertz CT molecular complexity index is 750. The molecule has 0 saturated heterocycles. The van der Waals surface area contributed by atoms with Crippen LogP contribution in [0.15, 0.2) is 35.1 Å². The van der Waals surface area contributed by atoms with Gasteiger partial charge in [0.05, 0.1) is 6.54 Å². The first-order chi connectivity index (χ1) is 10.9. The monoisotopic (exact) mass is 377 g/mol. The number of nitrogens with one attached hydrogen (secondary N) is 1. The lowest BCUT2D eigenvalue weighted by Gasteiger charge is -2.17. The van der Waals surface area contributed by atoms with Gasteiger partial charge in [0.1, 0.15) is 0 Å². The van der Waals surface area contributed by atoms with Crippen molar-refractivity contribution in [2.75, 3.05) is 24.6 Å². The Morgan fingerprint density at radius 3 is 2.65 bits per heavy atom. The fraction of sp³-hybridized carbons (Fsp3) is 0.200. The molecule has 8 heteroatoms. The highest BCUT2D eigenvalue weighted by Gasteiger charge is 2.19. The number of carbonyl (C=O) groups excluding carboxylic acids is 2. The Balaban J connectivity index is 2.02. The average Bonchev–Trinajstić information content (AvgIpc) is 2.50. The lowest BCUT2D eigenvalue weighted by atomic mass is 10.2. The van der Waals surface area contributed by atoms with Gasteiger partial charge in [-0.05, 0) is 30.7 Å². The van der Waals surface area contributed by atoms with Crippen molar-refractivity contribution in [3.63, 3.8) is 0 Å². The van der Waals surface area contributed by atoms with Crippen molar-refractivity contribution in [1.82, 2.24) is 14.9 Å². The van der Waals surface area contributed by atoms with Crippen molar-refractivity contribution in [2.24, 2.45) is 0 Å². The van der Waals surface area contributed by atoms with E-state index in [1.807, 2.05) is 19.1 Å². The number of anilines is 2. The Kier molecular flexibility index (Phi) is 5.28. The number of rotatable bonds is 4. The van der Waals surface area contributed by atoms with Crippen LogP contribution in [0.25, 0.3) is 0 Å². The maximum absolute atomic E-state index is 12.2. The van der Waals surface area contributed by atoms with Gasteiger partial charge in [-0.1, -0.05) is 15.9 Å². The lowest BCUT2D eigenvalue weighted by molar-refractivity contribution is -0.116. The van der Waals surface area contributed by atoms with E-state index in [-0.39, 0.29) is 24.0 Å². The molecule has 0 atom stereocenters. The molecular formula is C15H16BrN5O2. The highest BCUT2D eigenvalue weighted by Crippen LogP contribution is 2.20. The Labute approximate surface area is 142 Å². The maximum Gasteiger partial charge on any atom is 0.276 e. The number of halogens is 1. The minimum absolute atomic E-state index is 0.0302. The predicted molar refractivity (Wildman–Crippen MR) is 90.9 cm³/mol. The molecule has 2 rings (SSSR count). The zero-order valence-electron chi connectivity index (χ0n) is 12.7. The summed E-state index contributed by atoms with van der Waals surface area (Å²) in [4.78, 5) is 33.3. The SMILES string of the molecule is Cc1cc(Br)ccc1NC(=O)CN(C)C(=O)c1nccnc1N. The molecule has 0 radical (unpaired) electrons. The highest BCUT2D eigenvalue weighted by molar-refractivity contribution is 9.10. The molecule has 0 aliphatic carbocycles. The van der Waals surface area contributed by atoms with Gasteiger partial charge in [-0.2, -0.15) is 0 Å². The van der Waals surface area contributed by atoms with Gasteiger partial charge < -0.3 is 16.0 Å². The summed E-state index contributed by atoms with van der Waals surface area (Å²) in [7, 11) is 1.50. The summed E-state index contributed by atoms with van der Waals surface area (Å²) in [5, 5.41) is 2.77. The van der Waals surface area contributed by atoms with Crippen molar-refractivity contribution >= 4 is 39.2 Å². The number of benzene rings is 1. The second-order valence-corrected chi connectivity index (χ2v) is 5.87. The molecule has 2 amide bonds. The third-order valence-corrected chi connectivity index (χ3v) is 3.61. The number of hydrogen-bond donors (Lipinski definition) is 2. The average molecular weight is 378 g/mol. The van der Waals surface area contributed by atoms with Gasteiger partial charge in [0.15, 0.2) is 11.5 Å². The van der Waals surface area contributed by atoms with E-state index < -0.39 is 5.91 Å². The van der Waals surface area contributed by atoms with Crippen molar-refractivity contribution in [2.45, 2.75) is 6.92 Å². The number of nitrogens with two attached hydrogens (primary N) is 1. The normalized spacial score (nSPS) is 10.2. The third kappa shape index (κ3) is 4.26. The smallest absolute Gasteiger partial charge is 0.276 e. The van der Waals surface area contributed by atoms with Gasteiger partial charge in [-0.15, -0.1) is 0 Å². The zero-order valence-corrected chi connectivity index (χ0v) is 14.3. The van der Waals surface area contributed by atoms with Crippen LogP contribution in [0.3, 0.4) is 0 Å². The van der Waals surface area contributed by atoms with E-state index in [2.05, 4.69) is 31.2 Å². The Morgan fingerprint density at radius 1 is 1.30 bits per heavy atom. The molecule has 0 saturated carbocycles. The van der Waals surface area contributed by atoms with Crippen LogP contribution in [0, 0.1) is 6.92 Å². The van der Waals surface area contributed by atoms with Gasteiger partial charge >= 0.3 is 0 Å². The molecule has 0 aliphatic rings. The molecule has 2 aromatic rings. The quantitative estimate of drug-likeness (QED) is 0.846. The fourth-order valence-electron chi connectivity index (χ4n) is 1.94. The summed E-state index contributed by atoms with van der Waals surface area (Å²) in [6.07, 6.45) is 2.78. The van der Waals surface area contributed by atoms with Crippen molar-refractivity contribution in [3.8, 4) is 0 Å². The standard InChI is InChI=1S/C15H16BrN5O2/c1-9-7-10(16)3-4-11(9)20-12(22)8-21(2)15(23)13-14(17)19-6-5-18-13/h3-7H,8H2,1-2H3,(H2,17,19)(H,20,22). The topological polar surface area (TPSA) is 101 Å². The minimum Gasteiger partial charge on any atom is -0.382 e. The summed E-state index contributed by atoms with van der Waals surface area (Å²) in [6, 6.07) is 5.52. The molecule has 1 heterocycles. The molecule has 0 aliphatic heterocycles. The molecule has 7 nitrogen and oxygen atoms in total. The molecule has 120 valence electrons. The van der Waals surface area contributed by atoms with E-state index in [1.165, 1.54) is 24.3 Å². The van der Waals surface area contributed by atoms with E-state index in [0.29, 0.717) is 5.69 Å². The van der Waals surface area contributed by atoms with Crippen LogP contribution in [0.5, 0.6) is 0 Å². The second-order valence-electron chi connectivity index (χ2n) is 4.96. The molecule has 0 unspecified atom stereocenters. The number of aromatic nitrogens is 2. The third-order valence-electron chi connectivity index (χ3n) is 3.12. The van der Waals surface area contributed by atoms with Crippen molar-refractivity contribution in [3.05, 3.63) is 46.3 Å². The highest BCUT2D eigenvalue weighted by atomic mass is 79.9. The molecule has 3 N–H and O–H groups in total. The summed E-state index contributed by atoms with van der Waals surface area (Å²) in [5.41, 5.74) is 7.26. The van der Waals surface area contributed by atoms with E-state index in [1.54, 1.807) is 6.07 Å². The van der Waals surface area contributed by atoms with Crippen LogP contribution in [0.2, 0.25) is 0 Å². The number of carbonyl (C=O) groups is 2. The maximum atomic E-state index is 12.2. The fourth-order valence-corrected chi connectivity index (χ4v) is 2.41. The summed E-state index contributed by atoms with van der Waals surface area (Å²) >= 11 is 3.36.